The smallest absolute Gasteiger partial charge is 0.356 e. The van der Waals surface area contributed by atoms with Crippen LogP contribution in [0, 0.1) is 5.92 Å². The van der Waals surface area contributed by atoms with Crippen molar-refractivity contribution >= 4 is 5.97 Å². The van der Waals surface area contributed by atoms with Crippen LogP contribution >= 0.6 is 0 Å². The van der Waals surface area contributed by atoms with E-state index in [4.69, 9.17) is 14.6 Å². The molecule has 6 nitrogen and oxygen atoms in total. The first-order valence-corrected chi connectivity index (χ1v) is 6.67. The van der Waals surface area contributed by atoms with E-state index in [2.05, 4.69) is 9.97 Å². The van der Waals surface area contributed by atoms with E-state index in [1.807, 2.05) is 12.1 Å². The number of aromatic carboxylic acids is 1. The fourth-order valence-corrected chi connectivity index (χ4v) is 1.73. The zero-order valence-electron chi connectivity index (χ0n) is 11.2. The molecule has 0 aliphatic heterocycles. The number of benzene rings is 1. The van der Waals surface area contributed by atoms with Crippen molar-refractivity contribution in [3.8, 4) is 17.4 Å². The molecule has 108 valence electrons. The molecule has 0 unspecified atom stereocenters. The second-order valence-electron chi connectivity index (χ2n) is 4.88. The maximum atomic E-state index is 10.7. The van der Waals surface area contributed by atoms with Gasteiger partial charge in [-0.1, -0.05) is 6.07 Å². The number of ether oxygens (including phenoxy) is 2. The highest BCUT2D eigenvalue weighted by molar-refractivity contribution is 5.84. The maximum Gasteiger partial charge on any atom is 0.356 e. The Morgan fingerprint density at radius 2 is 2.05 bits per heavy atom. The van der Waals surface area contributed by atoms with Gasteiger partial charge in [-0.3, -0.25) is 0 Å². The van der Waals surface area contributed by atoms with E-state index in [1.54, 1.807) is 12.1 Å². The first-order valence-electron chi connectivity index (χ1n) is 6.67. The molecule has 1 saturated carbocycles. The lowest BCUT2D eigenvalue weighted by molar-refractivity contribution is 0.0690. The zero-order chi connectivity index (χ0) is 14.7. The first-order chi connectivity index (χ1) is 10.2. The summed E-state index contributed by atoms with van der Waals surface area (Å²) in [4.78, 5) is 18.3. The Bertz CT molecular complexity index is 638. The fraction of sp³-hybridized carbons (Fsp3) is 0.267. The van der Waals surface area contributed by atoms with Crippen LogP contribution in [0.3, 0.4) is 0 Å². The number of carboxylic acids is 1. The van der Waals surface area contributed by atoms with Gasteiger partial charge in [0.15, 0.2) is 5.69 Å². The summed E-state index contributed by atoms with van der Waals surface area (Å²) in [7, 11) is 0. The van der Waals surface area contributed by atoms with Crippen molar-refractivity contribution in [1.29, 1.82) is 0 Å². The Hall–Kier alpha value is -2.63. The molecular formula is C15H14N2O4. The number of hydrogen-bond acceptors (Lipinski definition) is 5. The van der Waals surface area contributed by atoms with Gasteiger partial charge in [0.2, 0.25) is 5.88 Å². The standard InChI is InChI=1S/C15H14N2O4/c18-15(19)13-7-17-14(8-16-13)21-12-3-1-2-11(6-12)20-9-10-4-5-10/h1-3,6-8,10H,4-5,9H2,(H,18,19). The number of carbonyl (C=O) groups is 1. The predicted octanol–water partition coefficient (Wildman–Crippen LogP) is 2.76. The Kier molecular flexibility index (Phi) is 3.68. The van der Waals surface area contributed by atoms with Crippen LogP contribution in [-0.4, -0.2) is 27.7 Å². The average molecular weight is 286 g/mol. The van der Waals surface area contributed by atoms with E-state index < -0.39 is 5.97 Å². The molecule has 0 radical (unpaired) electrons. The predicted molar refractivity (Wildman–Crippen MR) is 73.7 cm³/mol. The second kappa shape index (κ2) is 5.78. The van der Waals surface area contributed by atoms with Crippen LogP contribution in [0.2, 0.25) is 0 Å². The molecule has 21 heavy (non-hydrogen) atoms. The quantitative estimate of drug-likeness (QED) is 0.879. The minimum absolute atomic E-state index is 0.121. The number of aromatic nitrogens is 2. The van der Waals surface area contributed by atoms with Gasteiger partial charge in [-0.15, -0.1) is 0 Å². The largest absolute Gasteiger partial charge is 0.493 e. The first kappa shape index (κ1) is 13.4. The highest BCUT2D eigenvalue weighted by Crippen LogP contribution is 2.30. The molecule has 0 atom stereocenters. The van der Waals surface area contributed by atoms with Gasteiger partial charge >= 0.3 is 5.97 Å². The summed E-state index contributed by atoms with van der Waals surface area (Å²) in [5.41, 5.74) is -0.121. The number of nitrogens with zero attached hydrogens (tertiary/aromatic N) is 2. The molecule has 1 heterocycles. The van der Waals surface area contributed by atoms with E-state index in [9.17, 15) is 4.79 Å². The van der Waals surface area contributed by atoms with Crippen LogP contribution in [0.25, 0.3) is 0 Å². The van der Waals surface area contributed by atoms with Crippen molar-refractivity contribution in [2.24, 2.45) is 5.92 Å². The molecule has 0 amide bonds. The van der Waals surface area contributed by atoms with E-state index in [-0.39, 0.29) is 11.6 Å². The zero-order valence-corrected chi connectivity index (χ0v) is 11.2. The molecule has 1 aromatic carbocycles. The number of hydrogen-bond donors (Lipinski definition) is 1. The third-order valence-electron chi connectivity index (χ3n) is 3.06. The molecule has 1 fully saturated rings. The number of carboxylic acid groups (broad SMARTS) is 1. The summed E-state index contributed by atoms with van der Waals surface area (Å²) < 4.78 is 11.2. The van der Waals surface area contributed by atoms with Gasteiger partial charge < -0.3 is 14.6 Å². The lowest BCUT2D eigenvalue weighted by Gasteiger charge is -2.08. The van der Waals surface area contributed by atoms with E-state index in [1.165, 1.54) is 19.0 Å². The third-order valence-corrected chi connectivity index (χ3v) is 3.06. The van der Waals surface area contributed by atoms with Crippen molar-refractivity contribution < 1.29 is 19.4 Å². The molecule has 1 aromatic heterocycles. The summed E-state index contributed by atoms with van der Waals surface area (Å²) in [5, 5.41) is 8.75. The molecule has 3 rings (SSSR count). The SMILES string of the molecule is O=C(O)c1cnc(Oc2cccc(OCC3CC3)c2)cn1. The summed E-state index contributed by atoms with van der Waals surface area (Å²) in [6, 6.07) is 7.25. The second-order valence-corrected chi connectivity index (χ2v) is 4.88. The maximum absolute atomic E-state index is 10.7. The van der Waals surface area contributed by atoms with Crippen molar-refractivity contribution in [2.45, 2.75) is 12.8 Å². The van der Waals surface area contributed by atoms with Crippen molar-refractivity contribution in [3.05, 3.63) is 42.4 Å². The molecule has 2 aromatic rings. The van der Waals surface area contributed by atoms with Crippen LogP contribution in [0.1, 0.15) is 23.3 Å². The summed E-state index contributed by atoms with van der Waals surface area (Å²) in [6.07, 6.45) is 4.91. The van der Waals surface area contributed by atoms with Crippen molar-refractivity contribution in [1.82, 2.24) is 9.97 Å². The van der Waals surface area contributed by atoms with E-state index in [0.29, 0.717) is 11.7 Å². The molecule has 0 bridgehead atoms. The lowest BCUT2D eigenvalue weighted by Crippen LogP contribution is -2.01. The van der Waals surface area contributed by atoms with E-state index in [0.717, 1.165) is 18.6 Å². The summed E-state index contributed by atoms with van der Waals surface area (Å²) in [6.45, 7) is 0.733. The van der Waals surface area contributed by atoms with Gasteiger partial charge in [0.1, 0.15) is 11.5 Å². The molecule has 6 heteroatoms. The van der Waals surface area contributed by atoms with Crippen molar-refractivity contribution in [2.75, 3.05) is 6.61 Å². The Morgan fingerprint density at radius 3 is 2.71 bits per heavy atom. The lowest BCUT2D eigenvalue weighted by atomic mass is 10.3. The third kappa shape index (κ3) is 3.68. The molecule has 0 saturated heterocycles. The summed E-state index contributed by atoms with van der Waals surface area (Å²) >= 11 is 0. The van der Waals surface area contributed by atoms with Gasteiger partial charge in [-0.05, 0) is 30.9 Å². The molecular weight excluding hydrogens is 272 g/mol. The molecule has 0 spiro atoms. The average Bonchev–Trinajstić information content (AvgIpc) is 3.30. The Balaban J connectivity index is 1.65. The van der Waals surface area contributed by atoms with Crippen LogP contribution < -0.4 is 9.47 Å². The minimum Gasteiger partial charge on any atom is -0.493 e. The van der Waals surface area contributed by atoms with E-state index >= 15 is 0 Å². The minimum atomic E-state index is -1.12. The van der Waals surface area contributed by atoms with Crippen molar-refractivity contribution in [3.63, 3.8) is 0 Å². The van der Waals surface area contributed by atoms with Gasteiger partial charge in [0.25, 0.3) is 0 Å². The van der Waals surface area contributed by atoms with Gasteiger partial charge in [0.05, 0.1) is 19.0 Å². The van der Waals surface area contributed by atoms with Gasteiger partial charge in [-0.2, -0.15) is 0 Å². The molecule has 1 N–H and O–H groups in total. The fourth-order valence-electron chi connectivity index (χ4n) is 1.73. The van der Waals surface area contributed by atoms with Gasteiger partial charge in [-0.25, -0.2) is 14.8 Å². The van der Waals surface area contributed by atoms with Crippen LogP contribution in [-0.2, 0) is 0 Å². The van der Waals surface area contributed by atoms with Crippen LogP contribution in [0.4, 0.5) is 0 Å². The molecule has 1 aliphatic carbocycles. The van der Waals surface area contributed by atoms with Crippen LogP contribution in [0.5, 0.6) is 17.4 Å². The van der Waals surface area contributed by atoms with Gasteiger partial charge in [0, 0.05) is 6.07 Å². The number of rotatable bonds is 6. The monoisotopic (exact) mass is 286 g/mol. The highest BCUT2D eigenvalue weighted by atomic mass is 16.5. The normalized spacial score (nSPS) is 13.7. The summed E-state index contributed by atoms with van der Waals surface area (Å²) in [5.74, 6) is 1.11. The molecule has 1 aliphatic rings. The van der Waals surface area contributed by atoms with Crippen LogP contribution in [0.15, 0.2) is 36.7 Å². The topological polar surface area (TPSA) is 81.5 Å². The Labute approximate surface area is 121 Å². The Morgan fingerprint density at radius 1 is 1.24 bits per heavy atom. The highest BCUT2D eigenvalue weighted by Gasteiger charge is 2.21.